The molecule has 5 nitrogen and oxygen atoms in total. The summed E-state index contributed by atoms with van der Waals surface area (Å²) in [6.07, 6.45) is 0.840. The summed E-state index contributed by atoms with van der Waals surface area (Å²) in [6.45, 7) is 1.55. The van der Waals surface area contributed by atoms with Crippen LogP contribution >= 0.6 is 11.3 Å². The Labute approximate surface area is 85.7 Å². The Morgan fingerprint density at radius 3 is 3.29 bits per heavy atom. The molecule has 0 aromatic carbocycles. The smallest absolute Gasteiger partial charge is 0.310 e. The van der Waals surface area contributed by atoms with E-state index >= 15 is 0 Å². The number of carbonyl (C=O) groups is 1. The molecule has 1 saturated heterocycles. The molecule has 1 fully saturated rings. The van der Waals surface area contributed by atoms with Gasteiger partial charge in [0.2, 0.25) is 5.13 Å². The van der Waals surface area contributed by atoms with E-state index in [4.69, 9.17) is 4.74 Å². The predicted molar refractivity (Wildman–Crippen MR) is 52.2 cm³/mol. The number of hydrogen-bond acceptors (Lipinski definition) is 6. The molecule has 14 heavy (non-hydrogen) atoms. The number of rotatable bonds is 2. The number of hydrogen-bond donors (Lipinski definition) is 0. The van der Waals surface area contributed by atoms with Gasteiger partial charge in [-0.25, -0.2) is 0 Å². The van der Waals surface area contributed by atoms with Crippen molar-refractivity contribution in [1.29, 1.82) is 0 Å². The lowest BCUT2D eigenvalue weighted by molar-refractivity contribution is -0.144. The Morgan fingerprint density at radius 1 is 1.79 bits per heavy atom. The minimum atomic E-state index is -0.128. The lowest BCUT2D eigenvalue weighted by Crippen LogP contribution is -2.23. The third kappa shape index (κ3) is 1.70. The molecule has 0 N–H and O–H groups in total. The molecule has 1 aliphatic rings. The molecule has 76 valence electrons. The van der Waals surface area contributed by atoms with E-state index in [1.165, 1.54) is 18.4 Å². The first-order chi connectivity index (χ1) is 6.81. The van der Waals surface area contributed by atoms with Crippen LogP contribution in [0, 0.1) is 5.92 Å². The summed E-state index contributed by atoms with van der Waals surface area (Å²) >= 11 is 1.49. The van der Waals surface area contributed by atoms with Gasteiger partial charge in [0.05, 0.1) is 13.0 Å². The zero-order chi connectivity index (χ0) is 9.97. The lowest BCUT2D eigenvalue weighted by Gasteiger charge is -2.12. The van der Waals surface area contributed by atoms with Crippen LogP contribution in [0.3, 0.4) is 0 Å². The Hall–Kier alpha value is -1.17. The fraction of sp³-hybridized carbons (Fsp3) is 0.625. The van der Waals surface area contributed by atoms with E-state index in [1.807, 2.05) is 0 Å². The summed E-state index contributed by atoms with van der Waals surface area (Å²) in [5.41, 5.74) is 1.70. The topological polar surface area (TPSA) is 55.3 Å². The number of ether oxygens (including phenoxy) is 1. The number of anilines is 1. The number of methoxy groups -OCH3 is 1. The van der Waals surface area contributed by atoms with Gasteiger partial charge in [0.15, 0.2) is 0 Å². The third-order valence-electron chi connectivity index (χ3n) is 2.34. The van der Waals surface area contributed by atoms with Crippen LogP contribution in [0.15, 0.2) is 5.51 Å². The summed E-state index contributed by atoms with van der Waals surface area (Å²) in [6, 6.07) is 0. The third-order valence-corrected chi connectivity index (χ3v) is 3.09. The average Bonchev–Trinajstić information content (AvgIpc) is 2.86. The van der Waals surface area contributed by atoms with Crippen LogP contribution in [0.5, 0.6) is 0 Å². The van der Waals surface area contributed by atoms with Gasteiger partial charge in [-0.1, -0.05) is 11.3 Å². The van der Waals surface area contributed by atoms with Crippen LogP contribution in [0.2, 0.25) is 0 Å². The van der Waals surface area contributed by atoms with Gasteiger partial charge in [-0.2, -0.15) is 0 Å². The molecule has 0 spiro atoms. The van der Waals surface area contributed by atoms with Crippen molar-refractivity contribution in [3.8, 4) is 0 Å². The Kier molecular flexibility index (Phi) is 2.62. The first kappa shape index (κ1) is 9.39. The van der Waals surface area contributed by atoms with Gasteiger partial charge in [0.1, 0.15) is 5.51 Å². The fourth-order valence-corrected chi connectivity index (χ4v) is 2.20. The Bertz CT molecular complexity index is 314. The molecular weight excluding hydrogens is 202 g/mol. The molecule has 0 radical (unpaired) electrons. The fourth-order valence-electron chi connectivity index (χ4n) is 1.60. The molecule has 2 heterocycles. The van der Waals surface area contributed by atoms with E-state index < -0.39 is 0 Å². The second kappa shape index (κ2) is 3.91. The van der Waals surface area contributed by atoms with Gasteiger partial charge >= 0.3 is 5.97 Å². The molecule has 0 saturated carbocycles. The van der Waals surface area contributed by atoms with Crippen molar-refractivity contribution in [2.45, 2.75) is 6.42 Å². The largest absolute Gasteiger partial charge is 0.469 e. The predicted octanol–water partition coefficient (Wildman–Crippen LogP) is 0.537. The standard InChI is InChI=1S/C8H11N3O2S/c1-13-7(12)6-2-3-11(4-6)8-10-9-5-14-8/h5-6H,2-4H2,1H3. The zero-order valence-corrected chi connectivity index (χ0v) is 8.66. The number of nitrogens with zero attached hydrogens (tertiary/aromatic N) is 3. The van der Waals surface area contributed by atoms with Gasteiger partial charge in [-0.15, -0.1) is 10.2 Å². The van der Waals surface area contributed by atoms with Crippen molar-refractivity contribution in [1.82, 2.24) is 10.2 Å². The molecule has 1 unspecified atom stereocenters. The van der Waals surface area contributed by atoms with E-state index in [-0.39, 0.29) is 11.9 Å². The van der Waals surface area contributed by atoms with Crippen LogP contribution < -0.4 is 4.90 Å². The minimum Gasteiger partial charge on any atom is -0.469 e. The molecule has 0 amide bonds. The molecular formula is C8H11N3O2S. The van der Waals surface area contributed by atoms with E-state index in [1.54, 1.807) is 5.51 Å². The molecule has 6 heteroatoms. The first-order valence-corrected chi connectivity index (χ1v) is 5.28. The highest BCUT2D eigenvalue weighted by Gasteiger charge is 2.30. The molecule has 0 aliphatic carbocycles. The Balaban J connectivity index is 1.98. The van der Waals surface area contributed by atoms with Gasteiger partial charge in [-0.05, 0) is 6.42 Å². The summed E-state index contributed by atoms with van der Waals surface area (Å²) in [4.78, 5) is 13.3. The normalized spacial score (nSPS) is 21.2. The molecule has 1 aromatic heterocycles. The molecule has 1 aliphatic heterocycles. The highest BCUT2D eigenvalue weighted by Crippen LogP contribution is 2.24. The van der Waals surface area contributed by atoms with E-state index in [9.17, 15) is 4.79 Å². The van der Waals surface area contributed by atoms with Crippen LogP contribution in [-0.2, 0) is 9.53 Å². The van der Waals surface area contributed by atoms with Crippen molar-refractivity contribution < 1.29 is 9.53 Å². The summed E-state index contributed by atoms with van der Waals surface area (Å²) in [5.74, 6) is -0.138. The Morgan fingerprint density at radius 2 is 2.64 bits per heavy atom. The minimum absolute atomic E-state index is 0.0103. The maximum atomic E-state index is 11.2. The SMILES string of the molecule is COC(=O)C1CCN(c2nncs2)C1. The summed E-state index contributed by atoms with van der Waals surface area (Å²) in [7, 11) is 1.43. The highest BCUT2D eigenvalue weighted by atomic mass is 32.1. The van der Waals surface area contributed by atoms with Crippen LogP contribution in [-0.4, -0.2) is 36.4 Å². The van der Waals surface area contributed by atoms with Crippen LogP contribution in [0.1, 0.15) is 6.42 Å². The quantitative estimate of drug-likeness (QED) is 0.671. The first-order valence-electron chi connectivity index (χ1n) is 4.40. The summed E-state index contributed by atoms with van der Waals surface area (Å²) < 4.78 is 4.70. The maximum absolute atomic E-state index is 11.2. The number of esters is 1. The number of aromatic nitrogens is 2. The molecule has 0 bridgehead atoms. The van der Waals surface area contributed by atoms with Gasteiger partial charge < -0.3 is 9.64 Å². The van der Waals surface area contributed by atoms with Crippen molar-refractivity contribution in [2.75, 3.05) is 25.1 Å². The van der Waals surface area contributed by atoms with Gasteiger partial charge in [0, 0.05) is 13.1 Å². The molecule has 1 atom stereocenters. The van der Waals surface area contributed by atoms with E-state index in [2.05, 4.69) is 15.1 Å². The van der Waals surface area contributed by atoms with Gasteiger partial charge in [0.25, 0.3) is 0 Å². The van der Waals surface area contributed by atoms with Crippen molar-refractivity contribution in [3.63, 3.8) is 0 Å². The van der Waals surface area contributed by atoms with E-state index in [0.717, 1.165) is 18.1 Å². The molecule has 2 rings (SSSR count). The second-order valence-corrected chi connectivity index (χ2v) is 3.99. The maximum Gasteiger partial charge on any atom is 0.310 e. The highest BCUT2D eigenvalue weighted by molar-refractivity contribution is 7.13. The second-order valence-electron chi connectivity index (χ2n) is 3.18. The van der Waals surface area contributed by atoms with Crippen LogP contribution in [0.4, 0.5) is 5.13 Å². The lowest BCUT2D eigenvalue weighted by atomic mass is 10.1. The molecule has 1 aromatic rings. The van der Waals surface area contributed by atoms with E-state index in [0.29, 0.717) is 6.54 Å². The van der Waals surface area contributed by atoms with Crippen LogP contribution in [0.25, 0.3) is 0 Å². The summed E-state index contributed by atoms with van der Waals surface area (Å²) in [5, 5.41) is 8.61. The average molecular weight is 213 g/mol. The van der Waals surface area contributed by atoms with Crippen molar-refractivity contribution in [2.24, 2.45) is 5.92 Å². The number of carbonyl (C=O) groups excluding carboxylic acids is 1. The van der Waals surface area contributed by atoms with Gasteiger partial charge in [-0.3, -0.25) is 4.79 Å². The van der Waals surface area contributed by atoms with Crippen molar-refractivity contribution >= 4 is 22.4 Å². The zero-order valence-electron chi connectivity index (χ0n) is 7.84. The van der Waals surface area contributed by atoms with Crippen molar-refractivity contribution in [3.05, 3.63) is 5.51 Å². The monoisotopic (exact) mass is 213 g/mol.